The van der Waals surface area contributed by atoms with Crippen molar-refractivity contribution in [2.24, 2.45) is 4.99 Å². The van der Waals surface area contributed by atoms with E-state index in [9.17, 15) is 0 Å². The zero-order valence-corrected chi connectivity index (χ0v) is 18.0. The minimum Gasteiger partial charge on any atom is -0.356 e. The molecule has 1 aliphatic carbocycles. The van der Waals surface area contributed by atoms with E-state index in [2.05, 4.69) is 38.0 Å². The number of aliphatic imine (C=N–C) groups is 1. The molecule has 0 spiro atoms. The fraction of sp³-hybridized carbons (Fsp3) is 0.524. The minimum absolute atomic E-state index is 0.196. The van der Waals surface area contributed by atoms with Crippen LogP contribution in [0.2, 0.25) is 5.02 Å². The van der Waals surface area contributed by atoms with Gasteiger partial charge in [-0.15, -0.1) is 11.3 Å². The zero-order valence-electron chi connectivity index (χ0n) is 16.4. The van der Waals surface area contributed by atoms with Gasteiger partial charge in [-0.05, 0) is 43.4 Å². The first-order chi connectivity index (χ1) is 13.7. The molecule has 7 heteroatoms. The Morgan fingerprint density at radius 2 is 2.11 bits per heavy atom. The Morgan fingerprint density at radius 3 is 2.82 bits per heavy atom. The number of halogens is 1. The van der Waals surface area contributed by atoms with Crippen molar-refractivity contribution in [3.63, 3.8) is 0 Å². The van der Waals surface area contributed by atoms with Gasteiger partial charge in [-0.2, -0.15) is 0 Å². The topological polar surface area (TPSA) is 52.6 Å². The average molecular weight is 418 g/mol. The predicted octanol–water partition coefficient (Wildman–Crippen LogP) is 3.84. The van der Waals surface area contributed by atoms with E-state index in [-0.39, 0.29) is 5.41 Å². The van der Waals surface area contributed by atoms with Crippen LogP contribution in [0.5, 0.6) is 0 Å². The van der Waals surface area contributed by atoms with Crippen LogP contribution in [0.15, 0.2) is 34.6 Å². The molecule has 2 aromatic rings. The molecule has 2 N–H and O–H groups in total. The number of thiazole rings is 1. The van der Waals surface area contributed by atoms with E-state index in [0.29, 0.717) is 0 Å². The van der Waals surface area contributed by atoms with Crippen molar-refractivity contribution >= 4 is 34.0 Å². The summed E-state index contributed by atoms with van der Waals surface area (Å²) < 4.78 is 0. The van der Waals surface area contributed by atoms with Crippen molar-refractivity contribution in [2.75, 3.05) is 38.1 Å². The van der Waals surface area contributed by atoms with E-state index < -0.39 is 0 Å². The normalized spacial score (nSPS) is 18.4. The molecule has 4 rings (SSSR count). The molecule has 0 unspecified atom stereocenters. The maximum Gasteiger partial charge on any atom is 0.191 e. The van der Waals surface area contributed by atoms with Gasteiger partial charge in [-0.1, -0.05) is 23.7 Å². The average Bonchev–Trinajstić information content (AvgIpc) is 3.08. The molecule has 2 heterocycles. The second-order valence-corrected chi connectivity index (χ2v) is 8.98. The van der Waals surface area contributed by atoms with Gasteiger partial charge in [-0.25, -0.2) is 4.98 Å². The van der Waals surface area contributed by atoms with Gasteiger partial charge >= 0.3 is 0 Å². The second-order valence-electron chi connectivity index (χ2n) is 7.71. The summed E-state index contributed by atoms with van der Waals surface area (Å²) in [5.74, 6) is 0.850. The van der Waals surface area contributed by atoms with Crippen LogP contribution in [0, 0.1) is 0 Å². The Morgan fingerprint density at radius 1 is 1.29 bits per heavy atom. The van der Waals surface area contributed by atoms with Gasteiger partial charge in [0.2, 0.25) is 0 Å². The molecule has 1 aromatic heterocycles. The lowest BCUT2D eigenvalue weighted by atomic mass is 9.96. The summed E-state index contributed by atoms with van der Waals surface area (Å²) in [5.41, 5.74) is 2.68. The predicted molar refractivity (Wildman–Crippen MR) is 119 cm³/mol. The molecule has 0 radical (unpaired) electrons. The summed E-state index contributed by atoms with van der Waals surface area (Å²) in [7, 11) is 1.82. The molecule has 2 aliphatic rings. The van der Waals surface area contributed by atoms with Crippen LogP contribution in [0.1, 0.15) is 36.9 Å². The largest absolute Gasteiger partial charge is 0.356 e. The van der Waals surface area contributed by atoms with Gasteiger partial charge in [0.25, 0.3) is 0 Å². The van der Waals surface area contributed by atoms with Crippen molar-refractivity contribution in [1.82, 2.24) is 15.6 Å². The fourth-order valence-corrected chi connectivity index (χ4v) is 4.89. The summed E-state index contributed by atoms with van der Waals surface area (Å²) in [4.78, 5) is 11.6. The SMILES string of the molecule is CN=C(NCCc1csc(N2CCCC2)n1)NCC1(c2cccc(Cl)c2)CC1. The number of aromatic nitrogens is 1. The lowest BCUT2D eigenvalue weighted by molar-refractivity contribution is 0.645. The first kappa shape index (κ1) is 19.5. The van der Waals surface area contributed by atoms with Gasteiger partial charge in [-0.3, -0.25) is 4.99 Å². The van der Waals surface area contributed by atoms with Crippen LogP contribution in [0.4, 0.5) is 5.13 Å². The van der Waals surface area contributed by atoms with Gasteiger partial charge < -0.3 is 15.5 Å². The highest BCUT2D eigenvalue weighted by molar-refractivity contribution is 7.13. The van der Waals surface area contributed by atoms with Crippen molar-refractivity contribution < 1.29 is 0 Å². The van der Waals surface area contributed by atoms with E-state index in [0.717, 1.165) is 49.3 Å². The van der Waals surface area contributed by atoms with Gasteiger partial charge in [0.15, 0.2) is 11.1 Å². The van der Waals surface area contributed by atoms with Gasteiger partial charge in [0.1, 0.15) is 0 Å². The third-order valence-electron chi connectivity index (χ3n) is 5.70. The van der Waals surface area contributed by atoms with Crippen LogP contribution in [-0.4, -0.2) is 44.2 Å². The number of anilines is 1. The summed E-state index contributed by atoms with van der Waals surface area (Å²) in [6, 6.07) is 8.24. The minimum atomic E-state index is 0.196. The molecule has 0 atom stereocenters. The van der Waals surface area contributed by atoms with Crippen LogP contribution in [-0.2, 0) is 11.8 Å². The number of rotatable bonds is 7. The Kier molecular flexibility index (Phi) is 6.07. The highest BCUT2D eigenvalue weighted by Gasteiger charge is 2.44. The molecule has 28 heavy (non-hydrogen) atoms. The number of hydrogen-bond acceptors (Lipinski definition) is 4. The number of nitrogens with zero attached hydrogens (tertiary/aromatic N) is 3. The lowest BCUT2D eigenvalue weighted by Crippen LogP contribution is -2.42. The molecular formula is C21H28ClN5S. The summed E-state index contributed by atoms with van der Waals surface area (Å²) in [5, 5.41) is 11.1. The first-order valence-corrected chi connectivity index (χ1v) is 11.3. The van der Waals surface area contributed by atoms with Crippen molar-refractivity contribution in [3.05, 3.63) is 45.9 Å². The second kappa shape index (κ2) is 8.70. The standard InChI is InChI=1S/C21H28ClN5S/c1-23-19(25-15-21(8-9-21)16-5-4-6-17(22)13-16)24-10-7-18-14-28-20(26-18)27-11-2-3-12-27/h4-6,13-14H,2-3,7-12,15H2,1H3,(H2,23,24,25). The van der Waals surface area contributed by atoms with E-state index in [1.54, 1.807) is 11.3 Å². The lowest BCUT2D eigenvalue weighted by Gasteiger charge is -2.19. The molecule has 1 saturated carbocycles. The quantitative estimate of drug-likeness (QED) is 0.531. The summed E-state index contributed by atoms with van der Waals surface area (Å²) >= 11 is 7.94. The monoisotopic (exact) mass is 417 g/mol. The molecule has 1 saturated heterocycles. The Balaban J connectivity index is 1.24. The first-order valence-electron chi connectivity index (χ1n) is 10.1. The van der Waals surface area contributed by atoms with E-state index in [1.165, 1.54) is 36.4 Å². The third-order valence-corrected chi connectivity index (χ3v) is 6.88. The van der Waals surface area contributed by atoms with Crippen LogP contribution in [0.3, 0.4) is 0 Å². The Bertz CT molecular complexity index is 824. The maximum absolute atomic E-state index is 6.17. The Hall–Kier alpha value is -1.79. The molecule has 1 aromatic carbocycles. The highest BCUT2D eigenvalue weighted by Crippen LogP contribution is 2.48. The number of hydrogen-bond donors (Lipinski definition) is 2. The number of guanidine groups is 1. The fourth-order valence-electron chi connectivity index (χ4n) is 3.78. The highest BCUT2D eigenvalue weighted by atomic mass is 35.5. The van der Waals surface area contributed by atoms with Crippen LogP contribution in [0.25, 0.3) is 0 Å². The number of benzene rings is 1. The molecule has 0 amide bonds. The van der Waals surface area contributed by atoms with E-state index in [4.69, 9.17) is 16.6 Å². The summed E-state index contributed by atoms with van der Waals surface area (Å²) in [6.07, 6.45) is 5.86. The molecule has 2 fully saturated rings. The molecular weight excluding hydrogens is 390 g/mol. The van der Waals surface area contributed by atoms with Crippen LogP contribution >= 0.6 is 22.9 Å². The molecule has 5 nitrogen and oxygen atoms in total. The maximum atomic E-state index is 6.17. The van der Waals surface area contributed by atoms with Gasteiger partial charge in [0, 0.05) is 55.5 Å². The van der Waals surface area contributed by atoms with Crippen molar-refractivity contribution in [3.8, 4) is 0 Å². The van der Waals surface area contributed by atoms with Gasteiger partial charge in [0.05, 0.1) is 5.69 Å². The van der Waals surface area contributed by atoms with E-state index >= 15 is 0 Å². The smallest absolute Gasteiger partial charge is 0.191 e. The molecule has 0 bridgehead atoms. The van der Waals surface area contributed by atoms with Crippen molar-refractivity contribution in [1.29, 1.82) is 0 Å². The molecule has 1 aliphatic heterocycles. The third kappa shape index (κ3) is 4.61. The molecule has 150 valence electrons. The zero-order chi connectivity index (χ0) is 19.4. The van der Waals surface area contributed by atoms with Crippen LogP contribution < -0.4 is 15.5 Å². The van der Waals surface area contributed by atoms with E-state index in [1.807, 2.05) is 19.2 Å². The van der Waals surface area contributed by atoms with Crippen molar-refractivity contribution in [2.45, 2.75) is 37.5 Å². The Labute approximate surface area is 176 Å². The summed E-state index contributed by atoms with van der Waals surface area (Å²) in [6.45, 7) is 4.00. The number of nitrogens with one attached hydrogen (secondary N) is 2.